The minimum atomic E-state index is -0.861. The number of hydrogen-bond donors (Lipinski definition) is 2. The molecule has 19 heavy (non-hydrogen) atoms. The molecular weight excluding hydrogens is 244 g/mol. The van der Waals surface area contributed by atoms with Crippen LogP contribution in [-0.2, 0) is 9.59 Å². The molecule has 0 aliphatic heterocycles. The van der Waals surface area contributed by atoms with E-state index in [0.29, 0.717) is 12.8 Å². The summed E-state index contributed by atoms with van der Waals surface area (Å²) in [6.45, 7) is 3.62. The molecule has 104 valence electrons. The molecule has 1 fully saturated rings. The molecule has 3 N–H and O–H groups in total. The van der Waals surface area contributed by atoms with Gasteiger partial charge in [-0.2, -0.15) is 0 Å². The normalized spacial score (nSPS) is 19.1. The lowest BCUT2D eigenvalue weighted by Gasteiger charge is -2.28. The van der Waals surface area contributed by atoms with Crippen molar-refractivity contribution >= 4 is 11.8 Å². The third kappa shape index (κ3) is 2.47. The molecule has 6 heteroatoms. The first-order valence-corrected chi connectivity index (χ1v) is 6.58. The SMILES string of the molecule is Cc1nccn1[C@H](C)C(=O)NC1(C(N)=O)CCCC1. The Bertz CT molecular complexity index is 489. The van der Waals surface area contributed by atoms with Crippen LogP contribution in [0.4, 0.5) is 0 Å². The number of nitrogens with zero attached hydrogens (tertiary/aromatic N) is 2. The number of primary amides is 1. The van der Waals surface area contributed by atoms with Crippen molar-refractivity contribution in [3.63, 3.8) is 0 Å². The molecule has 0 radical (unpaired) electrons. The van der Waals surface area contributed by atoms with Crippen LogP contribution in [0.3, 0.4) is 0 Å². The number of rotatable bonds is 4. The summed E-state index contributed by atoms with van der Waals surface area (Å²) < 4.78 is 1.78. The maximum Gasteiger partial charge on any atom is 0.243 e. The maximum absolute atomic E-state index is 12.3. The van der Waals surface area contributed by atoms with Gasteiger partial charge in [0, 0.05) is 12.4 Å². The third-order valence-corrected chi connectivity index (χ3v) is 3.95. The largest absolute Gasteiger partial charge is 0.368 e. The van der Waals surface area contributed by atoms with Crippen LogP contribution in [0.5, 0.6) is 0 Å². The number of nitrogens with one attached hydrogen (secondary N) is 1. The van der Waals surface area contributed by atoms with Gasteiger partial charge in [0.25, 0.3) is 0 Å². The molecule has 1 heterocycles. The fourth-order valence-electron chi connectivity index (χ4n) is 2.68. The average molecular weight is 264 g/mol. The van der Waals surface area contributed by atoms with Crippen LogP contribution in [0, 0.1) is 6.92 Å². The molecule has 1 aromatic rings. The molecule has 0 unspecified atom stereocenters. The van der Waals surface area contributed by atoms with Crippen molar-refractivity contribution in [1.82, 2.24) is 14.9 Å². The van der Waals surface area contributed by atoms with Gasteiger partial charge in [-0.1, -0.05) is 12.8 Å². The number of hydrogen-bond acceptors (Lipinski definition) is 3. The van der Waals surface area contributed by atoms with Crippen molar-refractivity contribution in [1.29, 1.82) is 0 Å². The quantitative estimate of drug-likeness (QED) is 0.837. The maximum atomic E-state index is 12.3. The summed E-state index contributed by atoms with van der Waals surface area (Å²) in [5.74, 6) is 0.136. The number of aromatic nitrogens is 2. The van der Waals surface area contributed by atoms with Crippen LogP contribution in [0.2, 0.25) is 0 Å². The fourth-order valence-corrected chi connectivity index (χ4v) is 2.68. The lowest BCUT2D eigenvalue weighted by atomic mass is 9.96. The number of nitrogens with two attached hydrogens (primary N) is 1. The Morgan fingerprint density at radius 3 is 2.58 bits per heavy atom. The second-order valence-corrected chi connectivity index (χ2v) is 5.20. The van der Waals surface area contributed by atoms with Gasteiger partial charge < -0.3 is 15.6 Å². The number of carbonyl (C=O) groups is 2. The Morgan fingerprint density at radius 2 is 2.11 bits per heavy atom. The minimum Gasteiger partial charge on any atom is -0.368 e. The first-order valence-electron chi connectivity index (χ1n) is 6.58. The number of aryl methyl sites for hydroxylation is 1. The number of amides is 2. The molecule has 1 atom stereocenters. The van der Waals surface area contributed by atoms with E-state index in [1.165, 1.54) is 0 Å². The molecule has 6 nitrogen and oxygen atoms in total. The minimum absolute atomic E-state index is 0.193. The fraction of sp³-hybridized carbons (Fsp3) is 0.615. The molecule has 0 saturated heterocycles. The van der Waals surface area contributed by atoms with Crippen molar-refractivity contribution in [2.24, 2.45) is 5.73 Å². The Morgan fingerprint density at radius 1 is 1.47 bits per heavy atom. The van der Waals surface area contributed by atoms with Crippen LogP contribution < -0.4 is 11.1 Å². The van der Waals surface area contributed by atoms with Gasteiger partial charge in [-0.15, -0.1) is 0 Å². The summed E-state index contributed by atoms with van der Waals surface area (Å²) in [6.07, 6.45) is 6.50. The van der Waals surface area contributed by atoms with Crippen LogP contribution in [0.1, 0.15) is 44.5 Å². The van der Waals surface area contributed by atoms with Crippen LogP contribution >= 0.6 is 0 Å². The predicted octanol–water partition coefficient (Wildman–Crippen LogP) is 0.667. The van der Waals surface area contributed by atoms with Crippen molar-refractivity contribution in [2.75, 3.05) is 0 Å². The molecule has 2 rings (SSSR count). The molecule has 0 spiro atoms. The first kappa shape index (κ1) is 13.6. The van der Waals surface area contributed by atoms with Gasteiger partial charge >= 0.3 is 0 Å². The van der Waals surface area contributed by atoms with E-state index in [9.17, 15) is 9.59 Å². The van der Waals surface area contributed by atoms with E-state index in [1.807, 2.05) is 6.92 Å². The summed E-state index contributed by atoms with van der Waals surface area (Å²) in [4.78, 5) is 28.0. The van der Waals surface area contributed by atoms with E-state index in [4.69, 9.17) is 5.73 Å². The van der Waals surface area contributed by atoms with E-state index in [0.717, 1.165) is 18.7 Å². The molecule has 1 saturated carbocycles. The molecule has 0 aromatic carbocycles. The van der Waals surface area contributed by atoms with E-state index in [-0.39, 0.29) is 5.91 Å². The van der Waals surface area contributed by atoms with E-state index in [1.54, 1.807) is 23.9 Å². The summed E-state index contributed by atoms with van der Waals surface area (Å²) in [5.41, 5.74) is 4.60. The van der Waals surface area contributed by atoms with E-state index >= 15 is 0 Å². The Hall–Kier alpha value is -1.85. The summed E-state index contributed by atoms with van der Waals surface area (Å²) in [5, 5.41) is 2.84. The van der Waals surface area contributed by atoms with Gasteiger partial charge in [0.15, 0.2) is 0 Å². The van der Waals surface area contributed by atoms with Crippen LogP contribution in [0.15, 0.2) is 12.4 Å². The Labute approximate surface area is 112 Å². The standard InChI is InChI=1S/C13H20N4O2/c1-9(17-8-7-15-10(17)2)11(18)16-13(12(14)19)5-3-4-6-13/h7-9H,3-6H2,1-2H3,(H2,14,19)(H,16,18)/t9-/m1/s1. The second-order valence-electron chi connectivity index (χ2n) is 5.20. The zero-order chi connectivity index (χ0) is 14.0. The predicted molar refractivity (Wildman–Crippen MR) is 70.2 cm³/mol. The van der Waals surface area contributed by atoms with Gasteiger partial charge in [-0.25, -0.2) is 4.98 Å². The highest BCUT2D eigenvalue weighted by atomic mass is 16.2. The van der Waals surface area contributed by atoms with Gasteiger partial charge in [-0.3, -0.25) is 9.59 Å². The molecule has 2 amide bonds. The Balaban J connectivity index is 2.12. The van der Waals surface area contributed by atoms with E-state index in [2.05, 4.69) is 10.3 Å². The summed E-state index contributed by atoms with van der Waals surface area (Å²) >= 11 is 0. The number of carbonyl (C=O) groups excluding carboxylic acids is 2. The highest BCUT2D eigenvalue weighted by molar-refractivity contribution is 5.91. The van der Waals surface area contributed by atoms with Crippen LogP contribution in [-0.4, -0.2) is 26.9 Å². The molecular formula is C13H20N4O2. The first-order chi connectivity index (χ1) is 8.96. The third-order valence-electron chi connectivity index (χ3n) is 3.95. The topological polar surface area (TPSA) is 90.0 Å². The Kier molecular flexibility index (Phi) is 3.59. The number of imidazole rings is 1. The zero-order valence-corrected chi connectivity index (χ0v) is 11.3. The molecule has 1 aliphatic rings. The summed E-state index contributed by atoms with van der Waals surface area (Å²) in [7, 11) is 0. The molecule has 0 bridgehead atoms. The smallest absolute Gasteiger partial charge is 0.243 e. The van der Waals surface area contributed by atoms with Gasteiger partial charge in [0.1, 0.15) is 17.4 Å². The molecule has 1 aromatic heterocycles. The highest BCUT2D eigenvalue weighted by Crippen LogP contribution is 2.30. The van der Waals surface area contributed by atoms with Gasteiger partial charge in [0.2, 0.25) is 11.8 Å². The van der Waals surface area contributed by atoms with Gasteiger partial charge in [0.05, 0.1) is 0 Å². The zero-order valence-electron chi connectivity index (χ0n) is 11.3. The van der Waals surface area contributed by atoms with Crippen molar-refractivity contribution in [3.05, 3.63) is 18.2 Å². The summed E-state index contributed by atoms with van der Waals surface area (Å²) in [6, 6.07) is -0.403. The van der Waals surface area contributed by atoms with Crippen LogP contribution in [0.25, 0.3) is 0 Å². The highest BCUT2D eigenvalue weighted by Gasteiger charge is 2.41. The van der Waals surface area contributed by atoms with Crippen molar-refractivity contribution in [3.8, 4) is 0 Å². The van der Waals surface area contributed by atoms with Gasteiger partial charge in [-0.05, 0) is 26.7 Å². The van der Waals surface area contributed by atoms with Crippen molar-refractivity contribution in [2.45, 2.75) is 51.1 Å². The monoisotopic (exact) mass is 264 g/mol. The molecule has 1 aliphatic carbocycles. The average Bonchev–Trinajstić information content (AvgIpc) is 2.98. The van der Waals surface area contributed by atoms with E-state index < -0.39 is 17.5 Å². The lowest BCUT2D eigenvalue weighted by molar-refractivity contribution is -0.133. The van der Waals surface area contributed by atoms with Crippen molar-refractivity contribution < 1.29 is 9.59 Å². The lowest BCUT2D eigenvalue weighted by Crippen LogP contribution is -2.56. The second kappa shape index (κ2) is 5.03.